The normalized spacial score (nSPS) is 11.1. The Balaban J connectivity index is 1.94. The monoisotopic (exact) mass is 389 g/mol. The molecule has 144 valence electrons. The molecule has 1 amide bonds. The molecule has 0 atom stereocenters. The van der Waals surface area contributed by atoms with E-state index in [4.69, 9.17) is 4.74 Å². The summed E-state index contributed by atoms with van der Waals surface area (Å²) in [5, 5.41) is 2.76. The summed E-state index contributed by atoms with van der Waals surface area (Å²) in [5.74, 6) is -1.17. The van der Waals surface area contributed by atoms with Crippen LogP contribution in [-0.4, -0.2) is 33.2 Å². The van der Waals surface area contributed by atoms with Crippen LogP contribution < -0.4 is 5.32 Å². The summed E-state index contributed by atoms with van der Waals surface area (Å²) in [4.78, 5) is 24.1. The second-order valence-corrected chi connectivity index (χ2v) is 8.81. The van der Waals surface area contributed by atoms with Crippen molar-refractivity contribution in [3.63, 3.8) is 0 Å². The zero-order chi connectivity index (χ0) is 20.2. The molecule has 0 unspecified atom stereocenters. The maximum atomic E-state index is 12.1. The largest absolute Gasteiger partial charge is 0.452 e. The van der Waals surface area contributed by atoms with Crippen LogP contribution in [0.15, 0.2) is 36.4 Å². The van der Waals surface area contributed by atoms with Crippen LogP contribution in [0.25, 0.3) is 0 Å². The Hall–Kier alpha value is -2.67. The van der Waals surface area contributed by atoms with Gasteiger partial charge in [-0.3, -0.25) is 4.79 Å². The van der Waals surface area contributed by atoms with E-state index in [9.17, 15) is 18.0 Å². The fraction of sp³-hybridized carbons (Fsp3) is 0.300. The van der Waals surface area contributed by atoms with E-state index >= 15 is 0 Å². The molecule has 0 saturated heterocycles. The number of amides is 1. The van der Waals surface area contributed by atoms with Gasteiger partial charge in [-0.15, -0.1) is 0 Å². The lowest BCUT2D eigenvalue weighted by atomic mass is 10.1. The number of rotatable bonds is 6. The van der Waals surface area contributed by atoms with Gasteiger partial charge in [-0.05, 0) is 49.6 Å². The number of carbonyl (C=O) groups is 2. The van der Waals surface area contributed by atoms with E-state index in [1.165, 1.54) is 12.1 Å². The van der Waals surface area contributed by atoms with Crippen LogP contribution in [-0.2, 0) is 25.1 Å². The minimum atomic E-state index is -3.14. The molecule has 0 heterocycles. The lowest BCUT2D eigenvalue weighted by Crippen LogP contribution is -2.22. The Morgan fingerprint density at radius 2 is 1.56 bits per heavy atom. The van der Waals surface area contributed by atoms with Crippen molar-refractivity contribution in [3.8, 4) is 0 Å². The topological polar surface area (TPSA) is 89.5 Å². The summed E-state index contributed by atoms with van der Waals surface area (Å²) in [5.41, 5.74) is 4.53. The molecule has 2 aromatic carbocycles. The van der Waals surface area contributed by atoms with Crippen LogP contribution in [0, 0.1) is 20.8 Å². The first-order valence-electron chi connectivity index (χ1n) is 8.36. The average Bonchev–Trinajstić information content (AvgIpc) is 2.55. The Labute approximate surface area is 159 Å². The van der Waals surface area contributed by atoms with E-state index in [1.54, 1.807) is 12.1 Å². The summed E-state index contributed by atoms with van der Waals surface area (Å²) in [6.07, 6.45) is 1.14. The molecule has 0 fully saturated rings. The van der Waals surface area contributed by atoms with Gasteiger partial charge in [0.25, 0.3) is 5.91 Å². The highest BCUT2D eigenvalue weighted by molar-refractivity contribution is 7.89. The fourth-order valence-corrected chi connectivity index (χ4v) is 3.60. The molecule has 0 aliphatic heterocycles. The molecule has 0 aromatic heterocycles. The van der Waals surface area contributed by atoms with Gasteiger partial charge in [0.1, 0.15) is 0 Å². The molecular weight excluding hydrogens is 366 g/mol. The molecule has 0 spiro atoms. The van der Waals surface area contributed by atoms with E-state index in [0.717, 1.165) is 22.9 Å². The number of ether oxygens (including phenoxy) is 1. The third-order valence-electron chi connectivity index (χ3n) is 3.89. The van der Waals surface area contributed by atoms with Gasteiger partial charge in [0, 0.05) is 11.9 Å². The smallest absolute Gasteiger partial charge is 0.338 e. The van der Waals surface area contributed by atoms with Crippen LogP contribution in [0.4, 0.5) is 5.69 Å². The SMILES string of the molecule is Cc1cc(C)c(NC(=O)COC(=O)c2ccc(CS(C)(=O)=O)cc2)c(C)c1. The molecule has 7 heteroatoms. The van der Waals surface area contributed by atoms with E-state index in [-0.39, 0.29) is 11.3 Å². The molecular formula is C20H23NO5S. The summed E-state index contributed by atoms with van der Waals surface area (Å²) < 4.78 is 27.6. The van der Waals surface area contributed by atoms with Gasteiger partial charge in [0.2, 0.25) is 0 Å². The Kier molecular flexibility index (Phi) is 6.38. The first-order valence-corrected chi connectivity index (χ1v) is 10.4. The highest BCUT2D eigenvalue weighted by Crippen LogP contribution is 2.21. The van der Waals surface area contributed by atoms with Gasteiger partial charge in [-0.25, -0.2) is 13.2 Å². The van der Waals surface area contributed by atoms with Crippen LogP contribution in [0.5, 0.6) is 0 Å². The third kappa shape index (κ3) is 6.21. The van der Waals surface area contributed by atoms with Gasteiger partial charge < -0.3 is 10.1 Å². The molecule has 1 N–H and O–H groups in total. The molecule has 0 aliphatic carbocycles. The van der Waals surface area contributed by atoms with Crippen molar-refractivity contribution in [3.05, 3.63) is 64.2 Å². The Morgan fingerprint density at radius 1 is 1.00 bits per heavy atom. The van der Waals surface area contributed by atoms with Crippen molar-refractivity contribution < 1.29 is 22.7 Å². The minimum Gasteiger partial charge on any atom is -0.452 e. The number of anilines is 1. The van der Waals surface area contributed by atoms with E-state index in [1.807, 2.05) is 32.9 Å². The molecule has 0 saturated carbocycles. The maximum Gasteiger partial charge on any atom is 0.338 e. The van der Waals surface area contributed by atoms with E-state index in [2.05, 4.69) is 5.32 Å². The van der Waals surface area contributed by atoms with Gasteiger partial charge in [-0.2, -0.15) is 0 Å². The quantitative estimate of drug-likeness (QED) is 0.767. The zero-order valence-corrected chi connectivity index (χ0v) is 16.6. The van der Waals surface area contributed by atoms with Crippen molar-refractivity contribution in [1.29, 1.82) is 0 Å². The average molecular weight is 389 g/mol. The Bertz CT molecular complexity index is 939. The van der Waals surface area contributed by atoms with E-state index < -0.39 is 28.3 Å². The highest BCUT2D eigenvalue weighted by Gasteiger charge is 2.13. The van der Waals surface area contributed by atoms with Gasteiger partial charge >= 0.3 is 5.97 Å². The summed E-state index contributed by atoms with van der Waals surface area (Å²) in [7, 11) is -3.14. The number of hydrogen-bond donors (Lipinski definition) is 1. The second kappa shape index (κ2) is 8.35. The maximum absolute atomic E-state index is 12.1. The van der Waals surface area contributed by atoms with Crippen LogP contribution in [0.2, 0.25) is 0 Å². The molecule has 0 radical (unpaired) electrons. The van der Waals surface area contributed by atoms with Crippen molar-refractivity contribution in [1.82, 2.24) is 0 Å². The number of carbonyl (C=O) groups excluding carboxylic acids is 2. The number of aryl methyl sites for hydroxylation is 3. The molecule has 2 aromatic rings. The van der Waals surface area contributed by atoms with Crippen LogP contribution >= 0.6 is 0 Å². The summed E-state index contributed by atoms with van der Waals surface area (Å²) >= 11 is 0. The molecule has 0 aliphatic rings. The van der Waals surface area contributed by atoms with Crippen molar-refractivity contribution in [2.45, 2.75) is 26.5 Å². The number of hydrogen-bond acceptors (Lipinski definition) is 5. The molecule has 27 heavy (non-hydrogen) atoms. The van der Waals surface area contributed by atoms with Gasteiger partial charge in [0.15, 0.2) is 16.4 Å². The van der Waals surface area contributed by atoms with E-state index in [0.29, 0.717) is 11.3 Å². The van der Waals surface area contributed by atoms with Crippen molar-refractivity contribution in [2.75, 3.05) is 18.2 Å². The predicted octanol–water partition coefficient (Wildman–Crippen LogP) is 2.95. The lowest BCUT2D eigenvalue weighted by molar-refractivity contribution is -0.119. The number of esters is 1. The first-order chi connectivity index (χ1) is 12.5. The van der Waals surface area contributed by atoms with Crippen molar-refractivity contribution >= 4 is 27.4 Å². The highest BCUT2D eigenvalue weighted by atomic mass is 32.2. The molecule has 6 nitrogen and oxygen atoms in total. The fourth-order valence-electron chi connectivity index (χ4n) is 2.81. The van der Waals surface area contributed by atoms with Crippen molar-refractivity contribution in [2.24, 2.45) is 0 Å². The van der Waals surface area contributed by atoms with Gasteiger partial charge in [-0.1, -0.05) is 29.8 Å². The molecule has 0 bridgehead atoms. The second-order valence-electron chi connectivity index (χ2n) is 6.67. The Morgan fingerprint density at radius 3 is 2.07 bits per heavy atom. The number of sulfone groups is 1. The first kappa shape index (κ1) is 20.6. The van der Waals surface area contributed by atoms with Gasteiger partial charge in [0.05, 0.1) is 11.3 Å². The number of nitrogens with one attached hydrogen (secondary N) is 1. The zero-order valence-electron chi connectivity index (χ0n) is 15.8. The summed E-state index contributed by atoms with van der Waals surface area (Å²) in [6, 6.07) is 10.00. The van der Waals surface area contributed by atoms with Crippen LogP contribution in [0.1, 0.15) is 32.6 Å². The standard InChI is InChI=1S/C20H23NO5S/c1-13-9-14(2)19(15(3)10-13)21-18(22)11-26-20(23)17-7-5-16(6-8-17)12-27(4,24)25/h5-10H,11-12H2,1-4H3,(H,21,22). The third-order valence-corrected chi connectivity index (χ3v) is 4.75. The van der Waals surface area contributed by atoms with Crippen LogP contribution in [0.3, 0.4) is 0 Å². The molecule has 2 rings (SSSR count). The lowest BCUT2D eigenvalue weighted by Gasteiger charge is -2.13. The predicted molar refractivity (Wildman–Crippen MR) is 105 cm³/mol. The summed E-state index contributed by atoms with van der Waals surface area (Å²) in [6.45, 7) is 5.38. The minimum absolute atomic E-state index is 0.0972. The number of benzene rings is 2.